The van der Waals surface area contributed by atoms with Crippen LogP contribution in [0.2, 0.25) is 10.0 Å². The van der Waals surface area contributed by atoms with E-state index in [4.69, 9.17) is 27.6 Å². The zero-order valence-corrected chi connectivity index (χ0v) is 15.5. The van der Waals surface area contributed by atoms with Crippen molar-refractivity contribution in [3.05, 3.63) is 59.0 Å². The summed E-state index contributed by atoms with van der Waals surface area (Å²) in [6, 6.07) is 10.7. The maximum atomic E-state index is 6.09. The van der Waals surface area contributed by atoms with E-state index in [1.165, 1.54) is 6.33 Å². The molecule has 3 heterocycles. The van der Waals surface area contributed by atoms with E-state index >= 15 is 0 Å². The standard InChI is InChI=1S/C17H13Cl2N7O/c1-26(10-4-5-11(18)12(19)7-10)17-21-9-20-16(23-17)22-15-8-13(24-25-15)14-3-2-6-27-14/h2-9H,1H3,(H2,20,21,22,23,24,25). The van der Waals surface area contributed by atoms with Crippen LogP contribution in [-0.2, 0) is 0 Å². The van der Waals surface area contributed by atoms with Gasteiger partial charge in [0.2, 0.25) is 11.9 Å². The molecule has 10 heteroatoms. The Hall–Kier alpha value is -3.10. The Morgan fingerprint density at radius 1 is 1.11 bits per heavy atom. The highest BCUT2D eigenvalue weighted by atomic mass is 35.5. The second kappa shape index (κ2) is 7.26. The Morgan fingerprint density at radius 3 is 2.78 bits per heavy atom. The van der Waals surface area contributed by atoms with Gasteiger partial charge in [-0.3, -0.25) is 5.10 Å². The van der Waals surface area contributed by atoms with E-state index < -0.39 is 0 Å². The van der Waals surface area contributed by atoms with Gasteiger partial charge in [0.25, 0.3) is 0 Å². The first-order valence-corrected chi connectivity index (χ1v) is 8.60. The molecule has 0 amide bonds. The molecule has 0 spiro atoms. The minimum absolute atomic E-state index is 0.351. The molecule has 1 aromatic carbocycles. The van der Waals surface area contributed by atoms with E-state index in [2.05, 4.69) is 30.5 Å². The van der Waals surface area contributed by atoms with Crippen LogP contribution in [0.5, 0.6) is 0 Å². The summed E-state index contributed by atoms with van der Waals surface area (Å²) in [5, 5.41) is 11.0. The number of rotatable bonds is 5. The highest BCUT2D eigenvalue weighted by Gasteiger charge is 2.12. The van der Waals surface area contributed by atoms with Crippen LogP contribution in [0.15, 0.2) is 53.4 Å². The Bertz CT molecular complexity index is 1060. The largest absolute Gasteiger partial charge is 0.463 e. The molecular weight excluding hydrogens is 389 g/mol. The predicted octanol–water partition coefficient (Wildman–Crippen LogP) is 4.67. The Labute approximate surface area is 164 Å². The molecule has 0 unspecified atom stereocenters. The maximum absolute atomic E-state index is 6.09. The highest BCUT2D eigenvalue weighted by Crippen LogP contribution is 2.29. The topological polar surface area (TPSA) is 95.8 Å². The van der Waals surface area contributed by atoms with Crippen LogP contribution >= 0.6 is 23.2 Å². The molecule has 0 aliphatic heterocycles. The van der Waals surface area contributed by atoms with Crippen LogP contribution in [0.3, 0.4) is 0 Å². The lowest BCUT2D eigenvalue weighted by Gasteiger charge is -2.17. The number of aromatic nitrogens is 5. The first-order valence-electron chi connectivity index (χ1n) is 7.84. The Kier molecular flexibility index (Phi) is 4.66. The van der Waals surface area contributed by atoms with Gasteiger partial charge in [0.05, 0.1) is 16.3 Å². The number of nitrogens with zero attached hydrogens (tertiary/aromatic N) is 5. The molecule has 0 radical (unpaired) electrons. The van der Waals surface area contributed by atoms with E-state index in [0.717, 1.165) is 11.4 Å². The smallest absolute Gasteiger partial charge is 0.234 e. The van der Waals surface area contributed by atoms with Crippen molar-refractivity contribution in [1.82, 2.24) is 25.1 Å². The van der Waals surface area contributed by atoms with Gasteiger partial charge in [-0.25, -0.2) is 9.97 Å². The number of nitrogens with one attached hydrogen (secondary N) is 2. The van der Waals surface area contributed by atoms with Crippen LogP contribution in [0.25, 0.3) is 11.5 Å². The van der Waals surface area contributed by atoms with Crippen molar-refractivity contribution in [2.24, 2.45) is 0 Å². The van der Waals surface area contributed by atoms with Gasteiger partial charge in [0.15, 0.2) is 11.6 Å². The molecule has 4 aromatic rings. The number of hydrogen-bond donors (Lipinski definition) is 2. The second-order valence-corrected chi connectivity index (χ2v) is 6.35. The number of halogens is 2. The van der Waals surface area contributed by atoms with Crippen molar-refractivity contribution in [2.45, 2.75) is 0 Å². The van der Waals surface area contributed by atoms with Gasteiger partial charge in [-0.1, -0.05) is 23.2 Å². The SMILES string of the molecule is CN(c1ccc(Cl)c(Cl)c1)c1ncnc(Nc2cc(-c3ccco3)[nH]n2)n1. The van der Waals surface area contributed by atoms with Gasteiger partial charge in [0.1, 0.15) is 12.0 Å². The molecule has 0 saturated carbocycles. The normalized spacial score (nSPS) is 10.8. The lowest BCUT2D eigenvalue weighted by molar-refractivity contribution is 0.580. The lowest BCUT2D eigenvalue weighted by atomic mass is 10.3. The number of aromatic amines is 1. The molecule has 8 nitrogen and oxygen atoms in total. The van der Waals surface area contributed by atoms with Crippen LogP contribution in [0.1, 0.15) is 0 Å². The molecule has 0 atom stereocenters. The number of furan rings is 1. The molecule has 0 aliphatic rings. The zero-order chi connectivity index (χ0) is 18.8. The van der Waals surface area contributed by atoms with Gasteiger partial charge in [-0.15, -0.1) is 0 Å². The summed E-state index contributed by atoms with van der Waals surface area (Å²) >= 11 is 12.1. The number of benzene rings is 1. The van der Waals surface area contributed by atoms with Gasteiger partial charge in [-0.2, -0.15) is 10.1 Å². The fourth-order valence-corrected chi connectivity index (χ4v) is 2.67. The monoisotopic (exact) mass is 401 g/mol. The average molecular weight is 402 g/mol. The van der Waals surface area contributed by atoms with E-state index in [0.29, 0.717) is 33.5 Å². The van der Waals surface area contributed by atoms with Crippen molar-refractivity contribution in [3.63, 3.8) is 0 Å². The van der Waals surface area contributed by atoms with Crippen LogP contribution < -0.4 is 10.2 Å². The Morgan fingerprint density at radius 2 is 2.00 bits per heavy atom. The summed E-state index contributed by atoms with van der Waals surface area (Å²) in [7, 11) is 1.82. The molecule has 2 N–H and O–H groups in total. The van der Waals surface area contributed by atoms with E-state index in [-0.39, 0.29) is 0 Å². The number of H-pyrrole nitrogens is 1. The third-order valence-corrected chi connectivity index (χ3v) is 4.49. The van der Waals surface area contributed by atoms with Gasteiger partial charge in [0, 0.05) is 18.8 Å². The van der Waals surface area contributed by atoms with Crippen molar-refractivity contribution in [3.8, 4) is 11.5 Å². The minimum Gasteiger partial charge on any atom is -0.463 e. The lowest BCUT2D eigenvalue weighted by Crippen LogP contribution is -2.14. The third kappa shape index (κ3) is 3.71. The summed E-state index contributed by atoms with van der Waals surface area (Å²) in [4.78, 5) is 14.5. The van der Waals surface area contributed by atoms with E-state index in [9.17, 15) is 0 Å². The molecule has 136 valence electrons. The zero-order valence-electron chi connectivity index (χ0n) is 14.0. The van der Waals surface area contributed by atoms with Gasteiger partial charge < -0.3 is 14.6 Å². The first kappa shape index (κ1) is 17.3. The molecule has 0 fully saturated rings. The van der Waals surface area contributed by atoms with Crippen molar-refractivity contribution < 1.29 is 4.42 Å². The number of anilines is 4. The summed E-state index contributed by atoms with van der Waals surface area (Å²) in [6.45, 7) is 0. The fourth-order valence-electron chi connectivity index (χ4n) is 2.38. The second-order valence-electron chi connectivity index (χ2n) is 5.54. The quantitative estimate of drug-likeness (QED) is 0.501. The molecule has 0 saturated heterocycles. The summed E-state index contributed by atoms with van der Waals surface area (Å²) in [6.07, 6.45) is 3.01. The molecular formula is C17H13Cl2N7O. The third-order valence-electron chi connectivity index (χ3n) is 3.75. The van der Waals surface area contributed by atoms with Crippen LogP contribution in [0.4, 0.5) is 23.4 Å². The van der Waals surface area contributed by atoms with Gasteiger partial charge in [-0.05, 0) is 30.3 Å². The average Bonchev–Trinajstić information content (AvgIpc) is 3.35. The van der Waals surface area contributed by atoms with Gasteiger partial charge >= 0.3 is 0 Å². The molecule has 4 rings (SSSR count). The van der Waals surface area contributed by atoms with Crippen molar-refractivity contribution in [2.75, 3.05) is 17.3 Å². The minimum atomic E-state index is 0.351. The first-order chi connectivity index (χ1) is 13.1. The predicted molar refractivity (Wildman–Crippen MR) is 104 cm³/mol. The Balaban J connectivity index is 1.54. The highest BCUT2D eigenvalue weighted by molar-refractivity contribution is 6.42. The van der Waals surface area contributed by atoms with Crippen molar-refractivity contribution in [1.29, 1.82) is 0 Å². The molecule has 0 bridgehead atoms. The molecule has 3 aromatic heterocycles. The van der Waals surface area contributed by atoms with E-state index in [1.54, 1.807) is 35.4 Å². The number of hydrogen-bond acceptors (Lipinski definition) is 7. The summed E-state index contributed by atoms with van der Waals surface area (Å²) in [5.41, 5.74) is 1.53. The molecule has 0 aliphatic carbocycles. The van der Waals surface area contributed by atoms with Crippen LogP contribution in [0, 0.1) is 0 Å². The molecule has 27 heavy (non-hydrogen) atoms. The van der Waals surface area contributed by atoms with E-state index in [1.807, 2.05) is 19.2 Å². The van der Waals surface area contributed by atoms with Crippen molar-refractivity contribution >= 4 is 46.6 Å². The summed E-state index contributed by atoms with van der Waals surface area (Å²) < 4.78 is 5.33. The summed E-state index contributed by atoms with van der Waals surface area (Å²) in [5.74, 6) is 2.03. The van der Waals surface area contributed by atoms with Crippen LogP contribution in [-0.4, -0.2) is 32.2 Å². The maximum Gasteiger partial charge on any atom is 0.234 e. The fraction of sp³-hybridized carbons (Fsp3) is 0.0588.